The number of fused-ring (bicyclic) bond motifs is 5. The highest BCUT2D eigenvalue weighted by molar-refractivity contribution is 6.01. The third-order valence-corrected chi connectivity index (χ3v) is 9.33. The van der Waals surface area contributed by atoms with E-state index in [9.17, 15) is 29.7 Å². The van der Waals surface area contributed by atoms with E-state index in [2.05, 4.69) is 0 Å². The van der Waals surface area contributed by atoms with E-state index in [4.69, 9.17) is 4.74 Å². The number of carbonyl (C=O) groups excluding carboxylic acids is 3. The normalized spacial score (nSPS) is 48.4. The van der Waals surface area contributed by atoms with Crippen LogP contribution in [0.1, 0.15) is 53.4 Å². The highest BCUT2D eigenvalue weighted by Gasteiger charge is 2.77. The molecule has 0 radical (unpaired) electrons. The van der Waals surface area contributed by atoms with E-state index in [1.54, 1.807) is 27.7 Å². The van der Waals surface area contributed by atoms with Gasteiger partial charge >= 0.3 is 5.97 Å². The summed E-state index contributed by atoms with van der Waals surface area (Å²) in [5.41, 5.74) is -6.21. The molecule has 0 aromatic carbocycles. The van der Waals surface area contributed by atoms with Crippen molar-refractivity contribution in [2.45, 2.75) is 76.9 Å². The molecule has 8 heteroatoms. The summed E-state index contributed by atoms with van der Waals surface area (Å²) in [7, 11) is 0. The molecule has 182 valence electrons. The average Bonchev–Trinajstić information content (AvgIpc) is 2.98. The molecule has 3 saturated carbocycles. The molecule has 1 unspecified atom stereocenters. The molecule has 0 aliphatic heterocycles. The van der Waals surface area contributed by atoms with Crippen LogP contribution in [0.5, 0.6) is 0 Å². The summed E-state index contributed by atoms with van der Waals surface area (Å²) in [6, 6.07) is 0. The van der Waals surface area contributed by atoms with Gasteiger partial charge in [0.25, 0.3) is 0 Å². The number of hydrogen-bond donors (Lipinski definition) is 3. The minimum absolute atomic E-state index is 0.0245. The number of alkyl halides is 1. The molecule has 0 aromatic rings. The van der Waals surface area contributed by atoms with Crippen molar-refractivity contribution in [3.63, 3.8) is 0 Å². The van der Waals surface area contributed by atoms with E-state index < -0.39 is 70.4 Å². The number of ketones is 2. The lowest BCUT2D eigenvalue weighted by Gasteiger charge is -2.63. The number of carbonyl (C=O) groups is 3. The van der Waals surface area contributed by atoms with Crippen LogP contribution in [-0.2, 0) is 19.1 Å². The van der Waals surface area contributed by atoms with Crippen LogP contribution in [0.4, 0.5) is 4.39 Å². The quantitative estimate of drug-likeness (QED) is 0.543. The molecular formula is C25H33FO7. The minimum Gasteiger partial charge on any atom is -0.450 e. The molecule has 4 aliphatic carbocycles. The van der Waals surface area contributed by atoms with Crippen molar-refractivity contribution in [1.29, 1.82) is 0 Å². The van der Waals surface area contributed by atoms with Gasteiger partial charge < -0.3 is 20.1 Å². The summed E-state index contributed by atoms with van der Waals surface area (Å²) in [6.07, 6.45) is 1.45. The topological polar surface area (TPSA) is 121 Å². The minimum atomic E-state index is -2.20. The van der Waals surface area contributed by atoms with Gasteiger partial charge in [-0.25, -0.2) is 4.39 Å². The first-order valence-electron chi connectivity index (χ1n) is 11.7. The van der Waals surface area contributed by atoms with Crippen molar-refractivity contribution in [2.24, 2.45) is 28.6 Å². The van der Waals surface area contributed by atoms with E-state index >= 15 is 4.39 Å². The predicted molar refractivity (Wildman–Crippen MR) is 115 cm³/mol. The van der Waals surface area contributed by atoms with Crippen LogP contribution in [0.25, 0.3) is 0 Å². The van der Waals surface area contributed by atoms with Crippen LogP contribution in [0.15, 0.2) is 23.8 Å². The molecule has 7 nitrogen and oxygen atoms in total. The number of hydrogen-bond acceptors (Lipinski definition) is 7. The van der Waals surface area contributed by atoms with E-state index in [-0.39, 0.29) is 30.6 Å². The molecule has 4 rings (SSSR count). The van der Waals surface area contributed by atoms with Gasteiger partial charge in [-0.3, -0.25) is 14.4 Å². The summed E-state index contributed by atoms with van der Waals surface area (Å²) in [4.78, 5) is 37.6. The molecule has 0 saturated heterocycles. The maximum atomic E-state index is 17.2. The van der Waals surface area contributed by atoms with Crippen LogP contribution in [0.2, 0.25) is 0 Å². The standard InChI is InChI=1S/C25H33FO7/c1-5-21(32)33-25(20(31)12-27)13(2)8-15-16-10-18(29)17-9-14(28)6-7-22(17,3)24(16,26)19(30)11-23(15,25)4/h6-7,9,13,15-16,18-19,27,29-30H,5,8,10-12H2,1-4H3/t13-,15-,16-,18+,19-,22-,23-,24?,25-/m0/s1. The SMILES string of the molecule is CCC(=O)O[C@]1(C(=O)CO)[C@@H](C)C[C@H]2[C@@H]3C[C@@H](O)C4=CC(=O)C=C[C@]4(C)C3(F)[C@@H](O)C[C@@]21C. The number of allylic oxidation sites excluding steroid dienone is 3. The highest BCUT2D eigenvalue weighted by Crippen LogP contribution is 2.71. The van der Waals surface area contributed by atoms with Gasteiger partial charge in [-0.05, 0) is 49.8 Å². The van der Waals surface area contributed by atoms with E-state index in [0.717, 1.165) is 0 Å². The first-order valence-corrected chi connectivity index (χ1v) is 11.7. The second kappa shape index (κ2) is 7.55. The average molecular weight is 465 g/mol. The predicted octanol–water partition coefficient (Wildman–Crippen LogP) is 1.83. The van der Waals surface area contributed by atoms with Gasteiger partial charge in [0, 0.05) is 29.1 Å². The Bertz CT molecular complexity index is 958. The van der Waals surface area contributed by atoms with Crippen molar-refractivity contribution < 1.29 is 38.8 Å². The molecule has 0 aromatic heterocycles. The van der Waals surface area contributed by atoms with Gasteiger partial charge in [0.05, 0.1) is 12.2 Å². The van der Waals surface area contributed by atoms with Gasteiger partial charge in [-0.2, -0.15) is 0 Å². The lowest BCUT2D eigenvalue weighted by Crippen LogP contribution is -2.71. The Kier molecular flexibility index (Phi) is 5.54. The fourth-order valence-electron chi connectivity index (χ4n) is 7.81. The second-order valence-corrected chi connectivity index (χ2v) is 10.7. The van der Waals surface area contributed by atoms with Crippen LogP contribution in [0.3, 0.4) is 0 Å². The lowest BCUT2D eigenvalue weighted by molar-refractivity contribution is -0.233. The molecule has 0 bridgehead atoms. The number of aliphatic hydroxyl groups excluding tert-OH is 3. The molecule has 3 N–H and O–H groups in total. The summed E-state index contributed by atoms with van der Waals surface area (Å²) >= 11 is 0. The Hall–Kier alpha value is -1.90. The molecule has 0 spiro atoms. The van der Waals surface area contributed by atoms with Gasteiger partial charge in [-0.1, -0.05) is 26.8 Å². The Morgan fingerprint density at radius 3 is 2.48 bits per heavy atom. The number of rotatable bonds is 4. The fourth-order valence-corrected chi connectivity index (χ4v) is 7.81. The van der Waals surface area contributed by atoms with Gasteiger partial charge in [0.2, 0.25) is 5.78 Å². The maximum absolute atomic E-state index is 17.2. The van der Waals surface area contributed by atoms with Crippen LogP contribution in [-0.4, -0.2) is 62.9 Å². The van der Waals surface area contributed by atoms with E-state index in [1.807, 2.05) is 0 Å². The Labute approximate surface area is 192 Å². The van der Waals surface area contributed by atoms with Gasteiger partial charge in [-0.15, -0.1) is 0 Å². The second-order valence-electron chi connectivity index (χ2n) is 10.7. The molecule has 33 heavy (non-hydrogen) atoms. The Morgan fingerprint density at radius 2 is 1.88 bits per heavy atom. The molecule has 9 atom stereocenters. The van der Waals surface area contributed by atoms with Crippen LogP contribution in [0, 0.1) is 28.6 Å². The highest BCUT2D eigenvalue weighted by atomic mass is 19.1. The monoisotopic (exact) mass is 464 g/mol. The summed E-state index contributed by atoms with van der Waals surface area (Å²) in [5, 5.41) is 32.2. The zero-order valence-electron chi connectivity index (χ0n) is 19.5. The Balaban J connectivity index is 1.88. The Morgan fingerprint density at radius 1 is 1.21 bits per heavy atom. The lowest BCUT2D eigenvalue weighted by atomic mass is 9.44. The van der Waals surface area contributed by atoms with E-state index in [0.29, 0.717) is 6.42 Å². The number of halogens is 1. The van der Waals surface area contributed by atoms with Crippen LogP contribution >= 0.6 is 0 Å². The first kappa shape index (κ1) is 24.2. The van der Waals surface area contributed by atoms with Gasteiger partial charge in [0.1, 0.15) is 6.61 Å². The first-order chi connectivity index (χ1) is 15.3. The van der Waals surface area contributed by atoms with Gasteiger partial charge in [0.15, 0.2) is 17.1 Å². The van der Waals surface area contributed by atoms with E-state index in [1.165, 1.54) is 18.2 Å². The third-order valence-electron chi connectivity index (χ3n) is 9.33. The third kappa shape index (κ3) is 2.80. The van der Waals surface area contributed by atoms with Crippen molar-refractivity contribution >= 4 is 17.5 Å². The summed E-state index contributed by atoms with van der Waals surface area (Å²) in [6.45, 7) is 5.82. The zero-order valence-corrected chi connectivity index (χ0v) is 19.5. The number of Topliss-reactive ketones (excluding diaryl/α,β-unsaturated/α-hetero) is 1. The van der Waals surface area contributed by atoms with Crippen LogP contribution < -0.4 is 0 Å². The fraction of sp³-hybridized carbons (Fsp3) is 0.720. The maximum Gasteiger partial charge on any atom is 0.306 e. The van der Waals surface area contributed by atoms with Crippen molar-refractivity contribution in [1.82, 2.24) is 0 Å². The summed E-state index contributed by atoms with van der Waals surface area (Å²) < 4.78 is 23.0. The smallest absolute Gasteiger partial charge is 0.306 e. The van der Waals surface area contributed by atoms with Crippen molar-refractivity contribution in [3.05, 3.63) is 23.8 Å². The number of aliphatic hydroxyl groups is 3. The molecule has 0 amide bonds. The molecule has 4 aliphatic rings. The van der Waals surface area contributed by atoms with Crippen molar-refractivity contribution in [3.8, 4) is 0 Å². The molecule has 0 heterocycles. The largest absolute Gasteiger partial charge is 0.450 e. The zero-order chi connectivity index (χ0) is 24.6. The molecule has 3 fully saturated rings. The van der Waals surface area contributed by atoms with Crippen molar-refractivity contribution in [2.75, 3.05) is 6.61 Å². The molecular weight excluding hydrogens is 431 g/mol. The number of esters is 1. The number of ether oxygens (including phenoxy) is 1. The summed E-state index contributed by atoms with van der Waals surface area (Å²) in [5.74, 6) is -3.51.